The number of thiol groups is 1. The smallest absolute Gasteiger partial charge is 0.0940 e. The van der Waals surface area contributed by atoms with E-state index in [4.69, 9.17) is 0 Å². The van der Waals surface area contributed by atoms with Crippen LogP contribution in [0.15, 0.2) is 6.20 Å². The first kappa shape index (κ1) is 12.4. The van der Waals surface area contributed by atoms with Crippen LogP contribution in [0.4, 0.5) is 0 Å². The molecule has 1 saturated heterocycles. The summed E-state index contributed by atoms with van der Waals surface area (Å²) in [5.41, 5.74) is 0. The van der Waals surface area contributed by atoms with Crippen LogP contribution in [0.2, 0.25) is 0 Å². The van der Waals surface area contributed by atoms with Crippen LogP contribution in [0.5, 0.6) is 0 Å². The van der Waals surface area contributed by atoms with Crippen molar-refractivity contribution in [3.8, 4) is 0 Å². The van der Waals surface area contributed by atoms with E-state index in [0.29, 0.717) is 0 Å². The molecule has 0 bridgehead atoms. The van der Waals surface area contributed by atoms with Crippen LogP contribution in [0, 0.1) is 5.92 Å². The number of thiazole rings is 1. The summed E-state index contributed by atoms with van der Waals surface area (Å²) in [5, 5.41) is 1.27. The van der Waals surface area contributed by atoms with E-state index >= 15 is 0 Å². The molecular formula is C12H20N2S2. The molecule has 0 aliphatic carbocycles. The average molecular weight is 256 g/mol. The molecule has 0 radical (unpaired) electrons. The van der Waals surface area contributed by atoms with Gasteiger partial charge in [-0.3, -0.25) is 0 Å². The summed E-state index contributed by atoms with van der Waals surface area (Å²) >= 11 is 6.07. The van der Waals surface area contributed by atoms with E-state index in [9.17, 15) is 0 Å². The lowest BCUT2D eigenvalue weighted by molar-refractivity contribution is 0.186. The van der Waals surface area contributed by atoms with Crippen molar-refractivity contribution in [3.05, 3.63) is 16.1 Å². The summed E-state index contributed by atoms with van der Waals surface area (Å²) in [5.74, 6) is 1.69. The van der Waals surface area contributed by atoms with Crippen molar-refractivity contribution in [2.75, 3.05) is 19.6 Å². The Kier molecular flexibility index (Phi) is 4.67. The second kappa shape index (κ2) is 6.03. The minimum atomic E-state index is 0.818. The second-order valence-corrected chi connectivity index (χ2v) is 6.19. The Hall–Kier alpha value is -0.0600. The fourth-order valence-electron chi connectivity index (χ4n) is 2.28. The summed E-state index contributed by atoms with van der Waals surface area (Å²) in [6.45, 7) is 6.07. The Morgan fingerprint density at radius 1 is 1.62 bits per heavy atom. The molecule has 0 spiro atoms. The van der Waals surface area contributed by atoms with E-state index in [0.717, 1.165) is 18.1 Å². The zero-order chi connectivity index (χ0) is 11.4. The van der Waals surface area contributed by atoms with Crippen LogP contribution >= 0.6 is 24.0 Å². The molecule has 4 heteroatoms. The fraction of sp³-hybridized carbons (Fsp3) is 0.750. The molecule has 1 aromatic heterocycles. The van der Waals surface area contributed by atoms with Gasteiger partial charge in [0.05, 0.1) is 5.01 Å². The minimum Gasteiger partial charge on any atom is -0.303 e. The molecule has 1 aromatic rings. The van der Waals surface area contributed by atoms with Crippen molar-refractivity contribution in [2.24, 2.45) is 5.92 Å². The average Bonchev–Trinajstić information content (AvgIpc) is 2.74. The predicted molar refractivity (Wildman–Crippen MR) is 73.3 cm³/mol. The third-order valence-corrected chi connectivity index (χ3v) is 4.75. The summed E-state index contributed by atoms with van der Waals surface area (Å²) in [4.78, 5) is 8.30. The number of piperidine rings is 1. The monoisotopic (exact) mass is 256 g/mol. The van der Waals surface area contributed by atoms with Crippen molar-refractivity contribution in [2.45, 2.75) is 31.9 Å². The largest absolute Gasteiger partial charge is 0.303 e. The van der Waals surface area contributed by atoms with E-state index in [-0.39, 0.29) is 0 Å². The lowest BCUT2D eigenvalue weighted by Gasteiger charge is -2.30. The van der Waals surface area contributed by atoms with E-state index < -0.39 is 0 Å². The number of aromatic nitrogens is 1. The Morgan fingerprint density at radius 2 is 2.50 bits per heavy atom. The van der Waals surface area contributed by atoms with Gasteiger partial charge in [0.2, 0.25) is 0 Å². The molecule has 16 heavy (non-hydrogen) atoms. The van der Waals surface area contributed by atoms with Crippen molar-refractivity contribution in [1.82, 2.24) is 9.88 Å². The molecule has 0 aromatic carbocycles. The number of rotatable bonds is 4. The summed E-state index contributed by atoms with van der Waals surface area (Å²) < 4.78 is 0. The van der Waals surface area contributed by atoms with Crippen LogP contribution in [0.25, 0.3) is 0 Å². The third kappa shape index (κ3) is 3.47. The van der Waals surface area contributed by atoms with Crippen LogP contribution < -0.4 is 0 Å². The molecule has 2 heterocycles. The van der Waals surface area contributed by atoms with Gasteiger partial charge >= 0.3 is 0 Å². The molecule has 1 atom stereocenters. The van der Waals surface area contributed by atoms with Gasteiger partial charge in [-0.2, -0.15) is 12.6 Å². The van der Waals surface area contributed by atoms with Crippen LogP contribution in [-0.2, 0) is 12.2 Å². The van der Waals surface area contributed by atoms with Crippen molar-refractivity contribution < 1.29 is 0 Å². The maximum Gasteiger partial charge on any atom is 0.0940 e. The highest BCUT2D eigenvalue weighted by molar-refractivity contribution is 7.79. The predicted octanol–water partition coefficient (Wildman–Crippen LogP) is 2.85. The summed E-state index contributed by atoms with van der Waals surface area (Å²) in [6, 6.07) is 0. The van der Waals surface area contributed by atoms with Gasteiger partial charge in [0.25, 0.3) is 0 Å². The van der Waals surface area contributed by atoms with Gasteiger partial charge in [-0.25, -0.2) is 4.98 Å². The van der Waals surface area contributed by atoms with Crippen molar-refractivity contribution in [1.29, 1.82) is 0 Å². The van der Waals surface area contributed by atoms with Gasteiger partial charge < -0.3 is 4.90 Å². The van der Waals surface area contributed by atoms with Crippen LogP contribution in [-0.4, -0.2) is 29.5 Å². The normalized spacial score (nSPS) is 22.5. The third-order valence-electron chi connectivity index (χ3n) is 3.14. The lowest BCUT2D eigenvalue weighted by atomic mass is 10.0. The number of likely N-dealkylation sites (tertiary alicyclic amines) is 1. The lowest BCUT2D eigenvalue weighted by Crippen LogP contribution is -2.35. The first-order valence-electron chi connectivity index (χ1n) is 6.04. The van der Waals surface area contributed by atoms with Crippen LogP contribution in [0.1, 0.15) is 29.7 Å². The van der Waals surface area contributed by atoms with E-state index in [1.807, 2.05) is 17.5 Å². The Labute approximate surface area is 107 Å². The van der Waals surface area contributed by atoms with Gasteiger partial charge in [0, 0.05) is 36.3 Å². The standard InChI is InChI=1S/C12H20N2S2/c1-10-3-2-5-14(8-10)6-4-12-13-7-11(9-15)16-12/h7,10,15H,2-6,8-9H2,1H3. The van der Waals surface area contributed by atoms with Crippen LogP contribution in [0.3, 0.4) is 0 Å². The molecule has 0 amide bonds. The maximum atomic E-state index is 4.43. The zero-order valence-corrected chi connectivity index (χ0v) is 11.6. The highest BCUT2D eigenvalue weighted by Gasteiger charge is 2.16. The van der Waals surface area contributed by atoms with E-state index in [1.165, 1.54) is 42.4 Å². The maximum absolute atomic E-state index is 4.43. The second-order valence-electron chi connectivity index (χ2n) is 4.68. The highest BCUT2D eigenvalue weighted by atomic mass is 32.1. The van der Waals surface area contributed by atoms with Gasteiger partial charge in [-0.15, -0.1) is 11.3 Å². The molecule has 0 N–H and O–H groups in total. The molecule has 2 rings (SSSR count). The van der Waals surface area contributed by atoms with Gasteiger partial charge in [0.1, 0.15) is 0 Å². The Morgan fingerprint density at radius 3 is 3.19 bits per heavy atom. The molecule has 1 aliphatic heterocycles. The minimum absolute atomic E-state index is 0.818. The quantitative estimate of drug-likeness (QED) is 0.834. The topological polar surface area (TPSA) is 16.1 Å². The number of hydrogen-bond acceptors (Lipinski definition) is 4. The fourth-order valence-corrected chi connectivity index (χ4v) is 3.33. The molecule has 0 saturated carbocycles. The first-order valence-corrected chi connectivity index (χ1v) is 7.49. The molecule has 1 aliphatic rings. The molecule has 1 fully saturated rings. The summed E-state index contributed by atoms with van der Waals surface area (Å²) in [6.07, 6.45) is 5.83. The zero-order valence-electron chi connectivity index (χ0n) is 9.85. The van der Waals surface area contributed by atoms with Crippen molar-refractivity contribution >= 4 is 24.0 Å². The SMILES string of the molecule is CC1CCCN(CCc2ncc(CS)s2)C1. The molecule has 90 valence electrons. The highest BCUT2D eigenvalue weighted by Crippen LogP contribution is 2.18. The van der Waals surface area contributed by atoms with E-state index in [2.05, 4.69) is 29.4 Å². The number of nitrogens with zero attached hydrogens (tertiary/aromatic N) is 2. The number of hydrogen-bond donors (Lipinski definition) is 1. The van der Waals surface area contributed by atoms with Gasteiger partial charge in [-0.05, 0) is 25.3 Å². The van der Waals surface area contributed by atoms with E-state index in [1.54, 1.807) is 0 Å². The van der Waals surface area contributed by atoms with Crippen molar-refractivity contribution in [3.63, 3.8) is 0 Å². The molecular weight excluding hydrogens is 236 g/mol. The Balaban J connectivity index is 1.78. The first-order chi connectivity index (χ1) is 7.78. The Bertz CT molecular complexity index is 325. The van der Waals surface area contributed by atoms with Gasteiger partial charge in [-0.1, -0.05) is 6.92 Å². The van der Waals surface area contributed by atoms with Gasteiger partial charge in [0.15, 0.2) is 0 Å². The summed E-state index contributed by atoms with van der Waals surface area (Å²) in [7, 11) is 0. The molecule has 2 nitrogen and oxygen atoms in total. The molecule has 1 unspecified atom stereocenters.